The van der Waals surface area contributed by atoms with Crippen LogP contribution in [0.15, 0.2) is 22.7 Å². The number of benzene rings is 1. The van der Waals surface area contributed by atoms with Gasteiger partial charge >= 0.3 is 0 Å². The zero-order chi connectivity index (χ0) is 13.9. The molecule has 1 heterocycles. The molecule has 0 bridgehead atoms. The van der Waals surface area contributed by atoms with Crippen molar-refractivity contribution in [1.29, 1.82) is 0 Å². The van der Waals surface area contributed by atoms with Crippen LogP contribution in [0.25, 0.3) is 0 Å². The summed E-state index contributed by atoms with van der Waals surface area (Å²) >= 11 is 3.58. The van der Waals surface area contributed by atoms with Crippen molar-refractivity contribution in [2.45, 2.75) is 44.9 Å². The predicted octanol–water partition coefficient (Wildman–Crippen LogP) is 4.17. The number of hydrogen-bond donors (Lipinski definition) is 0. The third-order valence-electron chi connectivity index (χ3n) is 4.14. The van der Waals surface area contributed by atoms with Gasteiger partial charge in [0.15, 0.2) is 0 Å². The van der Waals surface area contributed by atoms with E-state index in [1.807, 2.05) is 12.1 Å². The van der Waals surface area contributed by atoms with E-state index in [9.17, 15) is 4.79 Å². The van der Waals surface area contributed by atoms with Crippen LogP contribution < -0.4 is 0 Å². The molecule has 3 heteroatoms. The minimum atomic E-state index is -0.331. The Morgan fingerprint density at radius 3 is 2.68 bits per heavy atom. The van der Waals surface area contributed by atoms with E-state index < -0.39 is 0 Å². The first kappa shape index (κ1) is 14.7. The fraction of sp³-hybridized carbons (Fsp3) is 0.562. The van der Waals surface area contributed by atoms with Crippen LogP contribution in [0.5, 0.6) is 0 Å². The molecular weight excluding hydrogens is 304 g/mol. The molecule has 1 aliphatic heterocycles. The molecule has 1 saturated heterocycles. The normalized spacial score (nSPS) is 18.3. The molecule has 2 rings (SSSR count). The second-order valence-corrected chi connectivity index (χ2v) is 6.13. The summed E-state index contributed by atoms with van der Waals surface area (Å²) in [5.41, 5.74) is 2.04. The summed E-state index contributed by atoms with van der Waals surface area (Å²) in [6, 6.07) is 6.18. The van der Waals surface area contributed by atoms with E-state index in [-0.39, 0.29) is 5.41 Å². The largest absolute Gasteiger partial charge is 0.381 e. The van der Waals surface area contributed by atoms with Crippen LogP contribution >= 0.6 is 15.9 Å². The molecule has 0 radical (unpaired) electrons. The monoisotopic (exact) mass is 324 g/mol. The Morgan fingerprint density at radius 1 is 1.37 bits per heavy atom. The highest BCUT2D eigenvalue weighted by Gasteiger charge is 2.41. The second-order valence-electron chi connectivity index (χ2n) is 5.28. The van der Waals surface area contributed by atoms with E-state index in [2.05, 4.69) is 35.8 Å². The molecule has 104 valence electrons. The van der Waals surface area contributed by atoms with E-state index in [0.717, 1.165) is 23.7 Å². The first-order valence-corrected chi connectivity index (χ1v) is 7.78. The Morgan fingerprint density at radius 2 is 2.05 bits per heavy atom. The molecule has 0 N–H and O–H groups in total. The Hall–Kier alpha value is -0.670. The molecule has 0 spiro atoms. The molecule has 19 heavy (non-hydrogen) atoms. The number of ketones is 1. The van der Waals surface area contributed by atoms with Gasteiger partial charge in [0.2, 0.25) is 0 Å². The van der Waals surface area contributed by atoms with Crippen molar-refractivity contribution in [3.63, 3.8) is 0 Å². The van der Waals surface area contributed by atoms with Gasteiger partial charge in [0, 0.05) is 24.1 Å². The van der Waals surface area contributed by atoms with Crippen molar-refractivity contribution in [1.82, 2.24) is 0 Å². The summed E-state index contributed by atoms with van der Waals surface area (Å²) in [5.74, 6) is 0.375. The first-order chi connectivity index (χ1) is 9.12. The lowest BCUT2D eigenvalue weighted by Crippen LogP contribution is -2.42. The van der Waals surface area contributed by atoms with Crippen molar-refractivity contribution in [3.8, 4) is 0 Å². The topological polar surface area (TPSA) is 26.3 Å². The minimum absolute atomic E-state index is 0.331. The molecule has 0 unspecified atom stereocenters. The van der Waals surface area contributed by atoms with Crippen molar-refractivity contribution >= 4 is 21.7 Å². The lowest BCUT2D eigenvalue weighted by atomic mass is 9.68. The molecule has 0 amide bonds. The van der Waals surface area contributed by atoms with E-state index in [0.29, 0.717) is 25.4 Å². The molecule has 1 aliphatic rings. The van der Waals surface area contributed by atoms with Gasteiger partial charge < -0.3 is 4.74 Å². The maximum Gasteiger partial charge on any atom is 0.143 e. The smallest absolute Gasteiger partial charge is 0.143 e. The number of ether oxygens (including phenoxy) is 1. The minimum Gasteiger partial charge on any atom is -0.381 e. The standard InChI is InChI=1S/C16H21BrO2/c1-3-5-15(18)16(8-10-19-11-9-16)13-6-4-7-14(17)12(13)2/h4,6-7H,3,5,8-11H2,1-2H3. The van der Waals surface area contributed by atoms with Gasteiger partial charge in [0.25, 0.3) is 0 Å². The molecule has 0 aliphatic carbocycles. The van der Waals surface area contributed by atoms with Crippen molar-refractivity contribution in [2.24, 2.45) is 0 Å². The molecular formula is C16H21BrO2. The van der Waals surface area contributed by atoms with Gasteiger partial charge in [0.1, 0.15) is 5.78 Å². The Kier molecular flexibility index (Phi) is 4.80. The first-order valence-electron chi connectivity index (χ1n) is 6.98. The third-order valence-corrected chi connectivity index (χ3v) is 5.00. The maximum absolute atomic E-state index is 12.7. The average Bonchev–Trinajstić information content (AvgIpc) is 2.43. The molecule has 1 aromatic rings. The van der Waals surface area contributed by atoms with E-state index in [4.69, 9.17) is 4.74 Å². The number of halogens is 1. The highest BCUT2D eigenvalue weighted by Crippen LogP contribution is 2.40. The summed E-state index contributed by atoms with van der Waals surface area (Å²) in [5, 5.41) is 0. The highest BCUT2D eigenvalue weighted by atomic mass is 79.9. The fourth-order valence-electron chi connectivity index (χ4n) is 3.01. The van der Waals surface area contributed by atoms with Crippen LogP contribution in [0.1, 0.15) is 43.7 Å². The van der Waals surface area contributed by atoms with Gasteiger partial charge in [-0.05, 0) is 43.4 Å². The SMILES string of the molecule is CCCC(=O)C1(c2cccc(Br)c2C)CCOCC1. The van der Waals surface area contributed by atoms with Crippen molar-refractivity contribution < 1.29 is 9.53 Å². The molecule has 0 saturated carbocycles. The molecule has 2 nitrogen and oxygen atoms in total. The maximum atomic E-state index is 12.7. The van der Waals surface area contributed by atoms with Gasteiger partial charge in [-0.15, -0.1) is 0 Å². The van der Waals surface area contributed by atoms with Crippen LogP contribution in [-0.2, 0) is 14.9 Å². The van der Waals surface area contributed by atoms with Crippen molar-refractivity contribution in [2.75, 3.05) is 13.2 Å². The second kappa shape index (κ2) is 6.19. The summed E-state index contributed by atoms with van der Waals surface area (Å²) < 4.78 is 6.56. The van der Waals surface area contributed by atoms with E-state index in [1.54, 1.807) is 0 Å². The predicted molar refractivity (Wildman–Crippen MR) is 80.5 cm³/mol. The highest BCUT2D eigenvalue weighted by molar-refractivity contribution is 9.10. The van der Waals surface area contributed by atoms with Gasteiger partial charge in [0.05, 0.1) is 5.41 Å². The zero-order valence-corrected chi connectivity index (χ0v) is 13.3. The quantitative estimate of drug-likeness (QED) is 0.830. The average molecular weight is 325 g/mol. The van der Waals surface area contributed by atoms with Gasteiger partial charge in [-0.2, -0.15) is 0 Å². The third kappa shape index (κ3) is 2.77. The van der Waals surface area contributed by atoms with Crippen LogP contribution in [-0.4, -0.2) is 19.0 Å². The van der Waals surface area contributed by atoms with Crippen LogP contribution in [0.2, 0.25) is 0 Å². The Labute approximate surface area is 123 Å². The van der Waals surface area contributed by atoms with Crippen molar-refractivity contribution in [3.05, 3.63) is 33.8 Å². The lowest BCUT2D eigenvalue weighted by molar-refractivity contribution is -0.128. The number of rotatable bonds is 4. The lowest BCUT2D eigenvalue weighted by Gasteiger charge is -2.37. The van der Waals surface area contributed by atoms with E-state index >= 15 is 0 Å². The molecule has 1 aromatic carbocycles. The summed E-state index contributed by atoms with van der Waals surface area (Å²) in [4.78, 5) is 12.7. The zero-order valence-electron chi connectivity index (χ0n) is 11.7. The molecule has 0 atom stereocenters. The summed E-state index contributed by atoms with van der Waals surface area (Å²) in [7, 11) is 0. The van der Waals surface area contributed by atoms with E-state index in [1.165, 1.54) is 11.1 Å². The number of hydrogen-bond acceptors (Lipinski definition) is 2. The van der Waals surface area contributed by atoms with Crippen LogP contribution in [0.3, 0.4) is 0 Å². The summed E-state index contributed by atoms with van der Waals surface area (Å²) in [6.07, 6.45) is 3.19. The number of carbonyl (C=O) groups excluding carboxylic acids is 1. The molecule has 1 fully saturated rings. The van der Waals surface area contributed by atoms with Crippen LogP contribution in [0, 0.1) is 6.92 Å². The Bertz CT molecular complexity index is 462. The van der Waals surface area contributed by atoms with Gasteiger partial charge in [-0.1, -0.05) is 35.0 Å². The Balaban J connectivity index is 2.48. The van der Waals surface area contributed by atoms with Crippen LogP contribution in [0.4, 0.5) is 0 Å². The summed E-state index contributed by atoms with van der Waals surface area (Å²) in [6.45, 7) is 5.53. The number of Topliss-reactive ketones (excluding diaryl/α,β-unsaturated/α-hetero) is 1. The van der Waals surface area contributed by atoms with Gasteiger partial charge in [-0.25, -0.2) is 0 Å². The van der Waals surface area contributed by atoms with Gasteiger partial charge in [-0.3, -0.25) is 4.79 Å². The fourth-order valence-corrected chi connectivity index (χ4v) is 3.38. The molecule has 0 aromatic heterocycles. The number of carbonyl (C=O) groups is 1.